The fourth-order valence-corrected chi connectivity index (χ4v) is 4.30. The van der Waals surface area contributed by atoms with E-state index >= 15 is 0 Å². The Morgan fingerprint density at radius 2 is 1.81 bits per heavy atom. The summed E-state index contributed by atoms with van der Waals surface area (Å²) in [5.74, 6) is -1.08. The van der Waals surface area contributed by atoms with E-state index < -0.39 is 36.3 Å². The van der Waals surface area contributed by atoms with Gasteiger partial charge in [0.05, 0.1) is 54.1 Å². The molecule has 228 valence electrons. The van der Waals surface area contributed by atoms with Gasteiger partial charge in [0.2, 0.25) is 5.88 Å². The number of benzene rings is 1. The zero-order valence-electron chi connectivity index (χ0n) is 25.6. The van der Waals surface area contributed by atoms with Crippen molar-refractivity contribution in [1.29, 1.82) is 5.26 Å². The zero-order chi connectivity index (χ0) is 31.9. The van der Waals surface area contributed by atoms with Gasteiger partial charge in [0.25, 0.3) is 0 Å². The molecule has 43 heavy (non-hydrogen) atoms. The van der Waals surface area contributed by atoms with Crippen LogP contribution in [0, 0.1) is 25.2 Å². The number of amides is 1. The van der Waals surface area contributed by atoms with Crippen molar-refractivity contribution in [3.8, 4) is 28.8 Å². The van der Waals surface area contributed by atoms with E-state index in [4.69, 9.17) is 28.7 Å². The minimum Gasteiger partial charge on any atom is -0.496 e. The molecule has 1 aromatic carbocycles. The number of aryl methyl sites for hydroxylation is 2. The summed E-state index contributed by atoms with van der Waals surface area (Å²) < 4.78 is 27.4. The number of rotatable bonds is 10. The highest BCUT2D eigenvalue weighted by atomic mass is 16.6. The van der Waals surface area contributed by atoms with Crippen LogP contribution in [0.3, 0.4) is 0 Å². The molecule has 1 unspecified atom stereocenters. The van der Waals surface area contributed by atoms with Crippen LogP contribution in [-0.2, 0) is 19.0 Å². The van der Waals surface area contributed by atoms with Gasteiger partial charge >= 0.3 is 18.0 Å². The summed E-state index contributed by atoms with van der Waals surface area (Å²) in [6.45, 7) is 11.7. The largest absolute Gasteiger partial charge is 0.496 e. The molecule has 0 spiro atoms. The van der Waals surface area contributed by atoms with Crippen LogP contribution in [0.25, 0.3) is 22.0 Å². The van der Waals surface area contributed by atoms with E-state index in [0.29, 0.717) is 45.6 Å². The third-order valence-electron chi connectivity index (χ3n) is 6.07. The second-order valence-electron chi connectivity index (χ2n) is 10.4. The Bertz CT molecular complexity index is 1570. The lowest BCUT2D eigenvalue weighted by Crippen LogP contribution is -2.47. The van der Waals surface area contributed by atoms with Crippen molar-refractivity contribution in [1.82, 2.24) is 15.3 Å². The molecule has 0 bridgehead atoms. The molecule has 0 fully saturated rings. The number of carbonyl (C=O) groups excluding carboxylic acids is 3. The Labute approximate surface area is 250 Å². The number of fused-ring (bicyclic) bond motifs is 1. The molecule has 1 atom stereocenters. The van der Waals surface area contributed by atoms with Gasteiger partial charge < -0.3 is 29.0 Å². The molecule has 3 rings (SSSR count). The van der Waals surface area contributed by atoms with Crippen LogP contribution in [0.5, 0.6) is 11.6 Å². The number of methoxy groups -OCH3 is 1. The van der Waals surface area contributed by atoms with Gasteiger partial charge in [-0.3, -0.25) is 4.98 Å². The Balaban J connectivity index is 2.19. The normalized spacial score (nSPS) is 11.7. The third kappa shape index (κ3) is 7.68. The van der Waals surface area contributed by atoms with Gasteiger partial charge in [0.15, 0.2) is 6.04 Å². The Morgan fingerprint density at radius 1 is 1.09 bits per heavy atom. The van der Waals surface area contributed by atoms with Gasteiger partial charge in [0, 0.05) is 17.3 Å². The molecule has 0 aliphatic heterocycles. The lowest BCUT2D eigenvalue weighted by molar-refractivity contribution is -0.146. The monoisotopic (exact) mass is 592 g/mol. The molecule has 1 N–H and O–H groups in total. The number of nitrogens with one attached hydrogen (secondary N) is 1. The average molecular weight is 593 g/mol. The summed E-state index contributed by atoms with van der Waals surface area (Å²) >= 11 is 0. The van der Waals surface area contributed by atoms with Crippen molar-refractivity contribution in [3.63, 3.8) is 0 Å². The number of aromatic nitrogens is 2. The van der Waals surface area contributed by atoms with Crippen LogP contribution in [-0.4, -0.2) is 66.6 Å². The molecule has 0 aliphatic carbocycles. The van der Waals surface area contributed by atoms with Crippen LogP contribution in [0.2, 0.25) is 0 Å². The molecular formula is C31H36N4O8. The van der Waals surface area contributed by atoms with Gasteiger partial charge in [-0.25, -0.2) is 19.4 Å². The predicted molar refractivity (Wildman–Crippen MR) is 157 cm³/mol. The fourth-order valence-electron chi connectivity index (χ4n) is 4.30. The van der Waals surface area contributed by atoms with E-state index in [-0.39, 0.29) is 18.1 Å². The Hall–Kier alpha value is -4.92. The highest BCUT2D eigenvalue weighted by molar-refractivity contribution is 6.11. The van der Waals surface area contributed by atoms with E-state index in [1.165, 1.54) is 7.11 Å². The molecule has 3 aromatic rings. The summed E-state index contributed by atoms with van der Waals surface area (Å²) in [7, 11) is 1.45. The number of alkyl carbamates (subject to hydrolysis) is 1. The minimum absolute atomic E-state index is 0.0438. The molecule has 12 nitrogen and oxygen atoms in total. The Morgan fingerprint density at radius 3 is 2.42 bits per heavy atom. The van der Waals surface area contributed by atoms with Crippen LogP contribution in [0.4, 0.5) is 4.79 Å². The second-order valence-corrected chi connectivity index (χ2v) is 10.4. The van der Waals surface area contributed by atoms with Crippen LogP contribution >= 0.6 is 0 Å². The van der Waals surface area contributed by atoms with Gasteiger partial charge in [-0.1, -0.05) is 0 Å². The molecule has 1 amide bonds. The topological polar surface area (TPSA) is 159 Å². The first kappa shape index (κ1) is 32.6. The van der Waals surface area contributed by atoms with Gasteiger partial charge in [0.1, 0.15) is 18.0 Å². The fraction of sp³-hybridized carbons (Fsp3) is 0.419. The summed E-state index contributed by atoms with van der Waals surface area (Å²) in [5.41, 5.74) is 2.02. The van der Waals surface area contributed by atoms with Crippen molar-refractivity contribution in [2.24, 2.45) is 0 Å². The molecular weight excluding hydrogens is 556 g/mol. The van der Waals surface area contributed by atoms with Crippen LogP contribution < -0.4 is 14.8 Å². The van der Waals surface area contributed by atoms with Crippen molar-refractivity contribution < 1.29 is 38.1 Å². The number of esters is 2. The molecule has 2 heterocycles. The van der Waals surface area contributed by atoms with E-state index in [1.807, 2.05) is 6.92 Å². The summed E-state index contributed by atoms with van der Waals surface area (Å²) in [4.78, 5) is 48.1. The highest BCUT2D eigenvalue weighted by Crippen LogP contribution is 2.42. The number of hydrogen-bond donors (Lipinski definition) is 1. The second kappa shape index (κ2) is 13.8. The van der Waals surface area contributed by atoms with E-state index in [9.17, 15) is 19.6 Å². The number of nitriles is 1. The van der Waals surface area contributed by atoms with Crippen molar-refractivity contribution in [2.45, 2.75) is 60.1 Å². The first-order valence-electron chi connectivity index (χ1n) is 13.7. The molecule has 0 saturated heterocycles. The molecule has 12 heteroatoms. The number of pyridine rings is 2. The number of nitrogens with zero attached hydrogens (tertiary/aromatic N) is 3. The van der Waals surface area contributed by atoms with E-state index in [1.54, 1.807) is 65.9 Å². The first-order chi connectivity index (χ1) is 20.3. The quantitative estimate of drug-likeness (QED) is 0.254. The maximum atomic E-state index is 13.9. The number of carbonyl (C=O) groups is 3. The zero-order valence-corrected chi connectivity index (χ0v) is 25.6. The number of hydrogen-bond acceptors (Lipinski definition) is 11. The van der Waals surface area contributed by atoms with Gasteiger partial charge in [-0.15, -0.1) is 0 Å². The van der Waals surface area contributed by atoms with Gasteiger partial charge in [-0.05, 0) is 72.2 Å². The lowest BCUT2D eigenvalue weighted by atomic mass is 9.92. The average Bonchev–Trinajstić information content (AvgIpc) is 2.94. The van der Waals surface area contributed by atoms with Crippen molar-refractivity contribution in [3.05, 3.63) is 46.8 Å². The van der Waals surface area contributed by atoms with Gasteiger partial charge in [-0.2, -0.15) is 5.26 Å². The maximum absolute atomic E-state index is 13.9. The molecule has 0 aliphatic rings. The molecule has 0 saturated carbocycles. The standard InChI is InChI=1S/C31H36N4O8/c1-9-40-27-25-24(20-12-11-19(14-32)13-22(20)39-8)23(18(4)34-26(25)17(3)15-33-27)29(37)42-16-21(28(36)41-10-2)35-30(38)43-31(5,6)7/h11-13,15,21H,9-10,16H2,1-8H3,(H,35,38). The van der Waals surface area contributed by atoms with Crippen molar-refractivity contribution >= 4 is 28.9 Å². The predicted octanol–water partition coefficient (Wildman–Crippen LogP) is 4.81. The minimum atomic E-state index is -1.34. The smallest absolute Gasteiger partial charge is 0.408 e. The first-order valence-corrected chi connectivity index (χ1v) is 13.7. The summed E-state index contributed by atoms with van der Waals surface area (Å²) in [6, 6.07) is 5.54. The highest BCUT2D eigenvalue weighted by Gasteiger charge is 2.30. The van der Waals surface area contributed by atoms with Crippen molar-refractivity contribution in [2.75, 3.05) is 26.9 Å². The number of ether oxygens (including phenoxy) is 5. The van der Waals surface area contributed by atoms with E-state index in [0.717, 1.165) is 5.56 Å². The summed E-state index contributed by atoms with van der Waals surface area (Å²) in [5, 5.41) is 12.3. The molecule has 0 radical (unpaired) electrons. The van der Waals surface area contributed by atoms with E-state index in [2.05, 4.69) is 16.4 Å². The van der Waals surface area contributed by atoms with Crippen LogP contribution in [0.15, 0.2) is 24.4 Å². The third-order valence-corrected chi connectivity index (χ3v) is 6.07. The SMILES string of the molecule is CCOC(=O)C(COC(=O)c1c(C)nc2c(C)cnc(OCC)c2c1-c1ccc(C#N)cc1OC)NC(=O)OC(C)(C)C. The maximum Gasteiger partial charge on any atom is 0.408 e. The van der Waals surface area contributed by atoms with Crippen LogP contribution in [0.1, 0.15) is 61.8 Å². The molecule has 2 aromatic heterocycles. The lowest BCUT2D eigenvalue weighted by Gasteiger charge is -2.23. The summed E-state index contributed by atoms with van der Waals surface area (Å²) in [6.07, 6.45) is 0.750. The Kier molecular flexibility index (Phi) is 10.5.